The maximum Gasteiger partial charge on any atom is 0.419 e. The van der Waals surface area contributed by atoms with Crippen molar-refractivity contribution >= 4 is 12.4 Å². The topological polar surface area (TPSA) is 75.7 Å². The summed E-state index contributed by atoms with van der Waals surface area (Å²) < 4.78 is 45.4. The van der Waals surface area contributed by atoms with Gasteiger partial charge < -0.3 is 20.7 Å². The Morgan fingerprint density at radius 2 is 1.71 bits per heavy atom. The number of aliphatic hydroxyl groups is 2. The average molecular weight is 426 g/mol. The van der Waals surface area contributed by atoms with Gasteiger partial charge in [0.1, 0.15) is 5.75 Å². The fourth-order valence-electron chi connectivity index (χ4n) is 2.61. The van der Waals surface area contributed by atoms with E-state index in [9.17, 15) is 23.4 Å². The lowest BCUT2D eigenvalue weighted by atomic mass is 9.93. The van der Waals surface area contributed by atoms with Gasteiger partial charge in [0.25, 0.3) is 0 Å². The Labute approximate surface area is 171 Å². The highest BCUT2D eigenvalue weighted by molar-refractivity contribution is 5.85. The second-order valence-electron chi connectivity index (χ2n) is 6.85. The minimum Gasteiger partial charge on any atom is -0.493 e. The number of rotatable bonds is 13. The van der Waals surface area contributed by atoms with E-state index < -0.39 is 30.5 Å². The first-order chi connectivity index (χ1) is 12.8. The van der Waals surface area contributed by atoms with E-state index in [0.29, 0.717) is 12.0 Å². The van der Waals surface area contributed by atoms with E-state index in [1.165, 1.54) is 6.07 Å². The van der Waals surface area contributed by atoms with Gasteiger partial charge in [-0.2, -0.15) is 13.2 Å². The Balaban J connectivity index is 0.00000729. The summed E-state index contributed by atoms with van der Waals surface area (Å²) in [5.74, 6) is -0.180. The third-order valence-electron chi connectivity index (χ3n) is 4.45. The lowest BCUT2D eigenvalue weighted by Crippen LogP contribution is -2.47. The molecule has 0 radical (unpaired) electrons. The van der Waals surface area contributed by atoms with Crippen molar-refractivity contribution in [1.82, 2.24) is 0 Å². The Hall–Kier alpha value is -1.28. The predicted molar refractivity (Wildman–Crippen MR) is 107 cm³/mol. The molecule has 8 heteroatoms. The molecule has 162 valence electrons. The number of ether oxygens (including phenoxy) is 1. The van der Waals surface area contributed by atoms with E-state index in [0.717, 1.165) is 31.7 Å². The number of alkyl halides is 3. The van der Waals surface area contributed by atoms with Gasteiger partial charge in [-0.15, -0.1) is 19.0 Å². The molecule has 0 saturated heterocycles. The molecule has 0 saturated carbocycles. The zero-order chi connectivity index (χ0) is 20.3. The number of benzene rings is 1. The van der Waals surface area contributed by atoms with Crippen molar-refractivity contribution in [2.45, 2.75) is 56.7 Å². The van der Waals surface area contributed by atoms with Crippen LogP contribution in [-0.2, 0) is 12.6 Å². The van der Waals surface area contributed by atoms with E-state index in [2.05, 4.69) is 6.58 Å². The number of allylic oxidation sites excluding steroid dienone is 1. The molecule has 0 amide bonds. The molecule has 1 aromatic carbocycles. The summed E-state index contributed by atoms with van der Waals surface area (Å²) in [4.78, 5) is 0. The number of aryl methyl sites for hydroxylation is 1. The summed E-state index contributed by atoms with van der Waals surface area (Å²) in [7, 11) is 0. The quantitative estimate of drug-likeness (QED) is 0.326. The second-order valence-corrected chi connectivity index (χ2v) is 6.85. The first-order valence-electron chi connectivity index (χ1n) is 9.20. The molecule has 4 N–H and O–H groups in total. The van der Waals surface area contributed by atoms with Gasteiger partial charge in [0.2, 0.25) is 0 Å². The SMILES string of the molecule is C=CCCCCCCOc1ccc(CCC(N)(CO)CO)cc1C(F)(F)F.Cl. The normalized spacial score (nSPS) is 11.8. The monoisotopic (exact) mass is 425 g/mol. The fourth-order valence-corrected chi connectivity index (χ4v) is 2.61. The lowest BCUT2D eigenvalue weighted by Gasteiger charge is -2.24. The fraction of sp³-hybridized carbons (Fsp3) is 0.600. The van der Waals surface area contributed by atoms with E-state index in [1.807, 2.05) is 6.08 Å². The molecule has 0 aliphatic heterocycles. The van der Waals surface area contributed by atoms with Gasteiger partial charge >= 0.3 is 6.18 Å². The molecule has 0 aliphatic rings. The average Bonchev–Trinajstić information content (AvgIpc) is 2.65. The Kier molecular flexibility index (Phi) is 12.4. The number of hydrogen-bond acceptors (Lipinski definition) is 4. The molecular weight excluding hydrogens is 395 g/mol. The molecule has 0 unspecified atom stereocenters. The van der Waals surface area contributed by atoms with Crippen LogP contribution in [0.5, 0.6) is 5.75 Å². The van der Waals surface area contributed by atoms with Crippen LogP contribution in [0.2, 0.25) is 0 Å². The van der Waals surface area contributed by atoms with Crippen molar-refractivity contribution in [3.63, 3.8) is 0 Å². The predicted octanol–water partition coefficient (Wildman–Crippen LogP) is 4.26. The van der Waals surface area contributed by atoms with Crippen molar-refractivity contribution < 1.29 is 28.1 Å². The first kappa shape index (κ1) is 26.7. The Bertz CT molecular complexity index is 578. The number of hydrogen-bond donors (Lipinski definition) is 3. The third kappa shape index (κ3) is 9.28. The van der Waals surface area contributed by atoms with Crippen LogP contribution in [0.15, 0.2) is 30.9 Å². The number of unbranched alkanes of at least 4 members (excludes halogenated alkanes) is 4. The van der Waals surface area contributed by atoms with Crippen molar-refractivity contribution in [2.75, 3.05) is 19.8 Å². The number of aliphatic hydroxyl groups excluding tert-OH is 2. The van der Waals surface area contributed by atoms with Gasteiger partial charge in [-0.05, 0) is 49.8 Å². The summed E-state index contributed by atoms with van der Waals surface area (Å²) in [6.07, 6.45) is 2.26. The van der Waals surface area contributed by atoms with Crippen molar-refractivity contribution in [3.05, 3.63) is 42.0 Å². The van der Waals surface area contributed by atoms with Crippen molar-refractivity contribution in [2.24, 2.45) is 5.73 Å². The van der Waals surface area contributed by atoms with Crippen LogP contribution >= 0.6 is 12.4 Å². The van der Waals surface area contributed by atoms with Gasteiger partial charge in [-0.1, -0.05) is 25.0 Å². The molecule has 0 heterocycles. The summed E-state index contributed by atoms with van der Waals surface area (Å²) in [6.45, 7) is 3.00. The van der Waals surface area contributed by atoms with Gasteiger partial charge in [0.15, 0.2) is 0 Å². The van der Waals surface area contributed by atoms with E-state index in [-0.39, 0.29) is 37.6 Å². The summed E-state index contributed by atoms with van der Waals surface area (Å²) >= 11 is 0. The summed E-state index contributed by atoms with van der Waals surface area (Å²) in [6, 6.07) is 3.93. The van der Waals surface area contributed by atoms with Crippen LogP contribution in [0, 0.1) is 0 Å². The molecule has 4 nitrogen and oxygen atoms in total. The molecule has 0 fully saturated rings. The standard InChI is InChI=1S/C20H30F3NO3.ClH/c1-2-3-4-5-6-7-12-27-18-9-8-16(13-17(18)20(21,22)23)10-11-19(24,14-25)15-26;/h2,8-9,13,25-26H,1,3-7,10-12,14-15,24H2;1H. The van der Waals surface area contributed by atoms with E-state index in [4.69, 9.17) is 10.5 Å². The van der Waals surface area contributed by atoms with Gasteiger partial charge in [-0.25, -0.2) is 0 Å². The highest BCUT2D eigenvalue weighted by Gasteiger charge is 2.35. The Morgan fingerprint density at radius 1 is 1.07 bits per heavy atom. The van der Waals surface area contributed by atoms with E-state index in [1.54, 1.807) is 6.07 Å². The first-order valence-corrected chi connectivity index (χ1v) is 9.20. The van der Waals surface area contributed by atoms with Crippen LogP contribution in [0.1, 0.15) is 49.7 Å². The van der Waals surface area contributed by atoms with Crippen LogP contribution in [0.25, 0.3) is 0 Å². The Morgan fingerprint density at radius 3 is 2.29 bits per heavy atom. The number of halogens is 4. The smallest absolute Gasteiger partial charge is 0.419 e. The molecule has 0 aromatic heterocycles. The largest absolute Gasteiger partial charge is 0.493 e. The summed E-state index contributed by atoms with van der Waals surface area (Å²) in [5, 5.41) is 18.4. The highest BCUT2D eigenvalue weighted by atomic mass is 35.5. The van der Waals surface area contributed by atoms with Crippen LogP contribution < -0.4 is 10.5 Å². The van der Waals surface area contributed by atoms with Gasteiger partial charge in [0, 0.05) is 0 Å². The maximum atomic E-state index is 13.4. The molecule has 1 rings (SSSR count). The molecule has 0 aliphatic carbocycles. The molecule has 0 bridgehead atoms. The van der Waals surface area contributed by atoms with Crippen molar-refractivity contribution in [3.8, 4) is 5.75 Å². The van der Waals surface area contributed by atoms with Gasteiger partial charge in [0.05, 0.1) is 30.9 Å². The summed E-state index contributed by atoms with van der Waals surface area (Å²) in [5.41, 5.74) is 4.17. The zero-order valence-electron chi connectivity index (χ0n) is 16.0. The lowest BCUT2D eigenvalue weighted by molar-refractivity contribution is -0.139. The maximum absolute atomic E-state index is 13.4. The van der Waals surface area contributed by atoms with Crippen LogP contribution in [-0.4, -0.2) is 35.6 Å². The minimum atomic E-state index is -4.52. The zero-order valence-corrected chi connectivity index (χ0v) is 16.8. The molecule has 28 heavy (non-hydrogen) atoms. The van der Waals surface area contributed by atoms with E-state index >= 15 is 0 Å². The van der Waals surface area contributed by atoms with Crippen LogP contribution in [0.3, 0.4) is 0 Å². The van der Waals surface area contributed by atoms with Gasteiger partial charge in [-0.3, -0.25) is 0 Å². The van der Waals surface area contributed by atoms with Crippen molar-refractivity contribution in [1.29, 1.82) is 0 Å². The highest BCUT2D eigenvalue weighted by Crippen LogP contribution is 2.37. The second kappa shape index (κ2) is 13.0. The minimum absolute atomic E-state index is 0. The molecule has 1 aromatic rings. The molecule has 0 atom stereocenters. The number of nitrogens with two attached hydrogens (primary N) is 1. The molecular formula is C20H31ClF3NO3. The molecule has 0 spiro atoms. The van der Waals surface area contributed by atoms with Crippen LogP contribution in [0.4, 0.5) is 13.2 Å². The third-order valence-corrected chi connectivity index (χ3v) is 4.45.